The van der Waals surface area contributed by atoms with Gasteiger partial charge in [0.25, 0.3) is 0 Å². The summed E-state index contributed by atoms with van der Waals surface area (Å²) in [7, 11) is 0. The Hall–Kier alpha value is -1.88. The summed E-state index contributed by atoms with van der Waals surface area (Å²) in [5.41, 5.74) is 6.01. The van der Waals surface area contributed by atoms with Gasteiger partial charge in [-0.3, -0.25) is 5.43 Å². The second kappa shape index (κ2) is 4.32. The number of nitrogen functional groups attached to an aromatic ring is 1. The normalized spacial score (nSPS) is 10.4. The van der Waals surface area contributed by atoms with E-state index in [1.54, 1.807) is 0 Å². The lowest BCUT2D eigenvalue weighted by Gasteiger charge is -2.02. The van der Waals surface area contributed by atoms with Gasteiger partial charge in [0.1, 0.15) is 0 Å². The van der Waals surface area contributed by atoms with Gasteiger partial charge in [0.05, 0.1) is 0 Å². The molecule has 5 heteroatoms. The molecule has 0 atom stereocenters. The highest BCUT2D eigenvalue weighted by atomic mass is 16.5. The number of anilines is 1. The van der Waals surface area contributed by atoms with E-state index in [2.05, 4.69) is 47.6 Å². The van der Waals surface area contributed by atoms with E-state index < -0.39 is 0 Å². The molecule has 2 rings (SSSR count). The van der Waals surface area contributed by atoms with Crippen LogP contribution in [-0.4, -0.2) is 10.1 Å². The first-order valence-corrected chi connectivity index (χ1v) is 5.04. The SMILES string of the molecule is Cc1ccc(Cc2noc(NN)n2)cc1C. The van der Waals surface area contributed by atoms with Crippen molar-refractivity contribution in [1.82, 2.24) is 10.1 Å². The van der Waals surface area contributed by atoms with Gasteiger partial charge in [-0.1, -0.05) is 23.4 Å². The van der Waals surface area contributed by atoms with Crippen molar-refractivity contribution >= 4 is 6.01 Å². The molecule has 1 aromatic carbocycles. The van der Waals surface area contributed by atoms with Crippen LogP contribution in [0.15, 0.2) is 22.7 Å². The fraction of sp³-hybridized carbons (Fsp3) is 0.273. The standard InChI is InChI=1S/C11H14N4O/c1-7-3-4-9(5-8(7)2)6-10-13-11(14-12)16-15-10/h3-5H,6,12H2,1-2H3,(H,13,14,15). The number of nitrogens with zero attached hydrogens (tertiary/aromatic N) is 2. The summed E-state index contributed by atoms with van der Waals surface area (Å²) >= 11 is 0. The Morgan fingerprint density at radius 2 is 2.12 bits per heavy atom. The fourth-order valence-electron chi connectivity index (χ4n) is 1.48. The van der Waals surface area contributed by atoms with Gasteiger partial charge in [-0.05, 0) is 30.5 Å². The number of benzene rings is 1. The Labute approximate surface area is 93.6 Å². The van der Waals surface area contributed by atoms with Crippen LogP contribution in [0.5, 0.6) is 0 Å². The molecule has 0 spiro atoms. The average Bonchev–Trinajstić information content (AvgIpc) is 2.71. The van der Waals surface area contributed by atoms with Crippen LogP contribution >= 0.6 is 0 Å². The van der Waals surface area contributed by atoms with Gasteiger partial charge in [0.15, 0.2) is 5.82 Å². The third-order valence-corrected chi connectivity index (χ3v) is 2.53. The molecular weight excluding hydrogens is 204 g/mol. The largest absolute Gasteiger partial charge is 0.335 e. The molecule has 5 nitrogen and oxygen atoms in total. The molecule has 84 valence electrons. The second-order valence-electron chi connectivity index (χ2n) is 3.76. The van der Waals surface area contributed by atoms with Gasteiger partial charge in [-0.15, -0.1) is 0 Å². The molecule has 0 aliphatic heterocycles. The Balaban J connectivity index is 2.17. The molecule has 0 saturated carbocycles. The van der Waals surface area contributed by atoms with Crippen molar-refractivity contribution in [3.63, 3.8) is 0 Å². The fourth-order valence-corrected chi connectivity index (χ4v) is 1.48. The molecule has 3 N–H and O–H groups in total. The highest BCUT2D eigenvalue weighted by molar-refractivity contribution is 5.31. The molecule has 0 saturated heterocycles. The van der Waals surface area contributed by atoms with E-state index in [9.17, 15) is 0 Å². The number of hydrogen-bond acceptors (Lipinski definition) is 5. The molecular formula is C11H14N4O. The molecule has 0 bridgehead atoms. The quantitative estimate of drug-likeness (QED) is 0.604. The van der Waals surface area contributed by atoms with Crippen molar-refractivity contribution in [3.05, 3.63) is 40.7 Å². The zero-order chi connectivity index (χ0) is 11.5. The smallest absolute Gasteiger partial charge is 0.314 e. The molecule has 0 fully saturated rings. The van der Waals surface area contributed by atoms with Crippen molar-refractivity contribution in [2.75, 3.05) is 5.43 Å². The first-order valence-electron chi connectivity index (χ1n) is 5.04. The molecule has 0 amide bonds. The third kappa shape index (κ3) is 2.20. The van der Waals surface area contributed by atoms with Crippen molar-refractivity contribution in [2.24, 2.45) is 5.84 Å². The lowest BCUT2D eigenvalue weighted by Crippen LogP contribution is -2.06. The molecule has 0 aliphatic carbocycles. The highest BCUT2D eigenvalue weighted by Gasteiger charge is 2.06. The molecule has 1 aromatic heterocycles. The van der Waals surface area contributed by atoms with Crippen LogP contribution in [0.3, 0.4) is 0 Å². The van der Waals surface area contributed by atoms with E-state index in [1.165, 1.54) is 11.1 Å². The van der Waals surface area contributed by atoms with Gasteiger partial charge in [0.2, 0.25) is 0 Å². The van der Waals surface area contributed by atoms with Crippen molar-refractivity contribution in [2.45, 2.75) is 20.3 Å². The summed E-state index contributed by atoms with van der Waals surface area (Å²) in [6.07, 6.45) is 0.645. The summed E-state index contributed by atoms with van der Waals surface area (Å²) in [6, 6.07) is 6.52. The molecule has 2 aromatic rings. The monoisotopic (exact) mass is 218 g/mol. The second-order valence-corrected chi connectivity index (χ2v) is 3.76. The van der Waals surface area contributed by atoms with Crippen molar-refractivity contribution < 1.29 is 4.52 Å². The van der Waals surface area contributed by atoms with Crippen LogP contribution in [0, 0.1) is 13.8 Å². The van der Waals surface area contributed by atoms with Gasteiger partial charge < -0.3 is 4.52 Å². The maximum Gasteiger partial charge on any atom is 0.335 e. The Morgan fingerprint density at radius 1 is 1.31 bits per heavy atom. The zero-order valence-corrected chi connectivity index (χ0v) is 9.32. The van der Waals surface area contributed by atoms with Gasteiger partial charge in [-0.2, -0.15) is 4.98 Å². The van der Waals surface area contributed by atoms with Crippen molar-refractivity contribution in [3.8, 4) is 0 Å². The molecule has 16 heavy (non-hydrogen) atoms. The Bertz CT molecular complexity index is 492. The topological polar surface area (TPSA) is 77.0 Å². The predicted octanol–water partition coefficient (Wildman–Crippen LogP) is 1.56. The molecule has 0 aliphatic rings. The zero-order valence-electron chi connectivity index (χ0n) is 9.32. The predicted molar refractivity (Wildman–Crippen MR) is 60.8 cm³/mol. The Kier molecular flexibility index (Phi) is 2.87. The summed E-state index contributed by atoms with van der Waals surface area (Å²) in [5.74, 6) is 5.78. The van der Waals surface area contributed by atoms with Crippen LogP contribution in [0.4, 0.5) is 6.01 Å². The number of nitrogens with two attached hydrogens (primary N) is 1. The average molecular weight is 218 g/mol. The van der Waals surface area contributed by atoms with E-state index in [1.807, 2.05) is 0 Å². The molecule has 1 heterocycles. The molecule has 0 unspecified atom stereocenters. The summed E-state index contributed by atoms with van der Waals surface area (Å²) in [6.45, 7) is 4.17. The van der Waals surface area contributed by atoms with Crippen LogP contribution in [0.2, 0.25) is 0 Å². The molecule has 0 radical (unpaired) electrons. The lowest BCUT2D eigenvalue weighted by atomic mass is 10.0. The van der Waals surface area contributed by atoms with Crippen LogP contribution in [0.25, 0.3) is 0 Å². The number of hydrogen-bond donors (Lipinski definition) is 2. The first kappa shape index (κ1) is 10.6. The summed E-state index contributed by atoms with van der Waals surface area (Å²) in [4.78, 5) is 4.06. The van der Waals surface area contributed by atoms with Crippen LogP contribution in [-0.2, 0) is 6.42 Å². The van der Waals surface area contributed by atoms with E-state index in [-0.39, 0.29) is 6.01 Å². The minimum atomic E-state index is 0.235. The summed E-state index contributed by atoms with van der Waals surface area (Å²) < 4.78 is 4.84. The van der Waals surface area contributed by atoms with E-state index in [4.69, 9.17) is 10.4 Å². The van der Waals surface area contributed by atoms with E-state index >= 15 is 0 Å². The number of rotatable bonds is 3. The van der Waals surface area contributed by atoms with Crippen LogP contribution < -0.4 is 11.3 Å². The lowest BCUT2D eigenvalue weighted by molar-refractivity contribution is 0.424. The Morgan fingerprint density at radius 3 is 2.75 bits per heavy atom. The van der Waals surface area contributed by atoms with E-state index in [0.717, 1.165) is 5.56 Å². The maximum absolute atomic E-state index is 5.15. The highest BCUT2D eigenvalue weighted by Crippen LogP contribution is 2.13. The van der Waals surface area contributed by atoms with Gasteiger partial charge >= 0.3 is 6.01 Å². The van der Waals surface area contributed by atoms with Gasteiger partial charge in [0, 0.05) is 6.42 Å². The van der Waals surface area contributed by atoms with E-state index in [0.29, 0.717) is 12.2 Å². The third-order valence-electron chi connectivity index (χ3n) is 2.53. The number of aromatic nitrogens is 2. The summed E-state index contributed by atoms with van der Waals surface area (Å²) in [5, 5.41) is 3.81. The first-order chi connectivity index (χ1) is 7.69. The minimum Gasteiger partial charge on any atom is -0.314 e. The van der Waals surface area contributed by atoms with Crippen LogP contribution in [0.1, 0.15) is 22.5 Å². The number of hydrazine groups is 1. The maximum atomic E-state index is 5.15. The minimum absolute atomic E-state index is 0.235. The number of aryl methyl sites for hydroxylation is 2. The van der Waals surface area contributed by atoms with Gasteiger partial charge in [-0.25, -0.2) is 5.84 Å². The number of nitrogens with one attached hydrogen (secondary N) is 1. The van der Waals surface area contributed by atoms with Crippen molar-refractivity contribution in [1.29, 1.82) is 0 Å².